The molecule has 2 aromatic rings. The lowest BCUT2D eigenvalue weighted by Crippen LogP contribution is -2.15. The van der Waals surface area contributed by atoms with Crippen LogP contribution in [0, 0.1) is 6.92 Å². The Morgan fingerprint density at radius 2 is 1.95 bits per heavy atom. The van der Waals surface area contributed by atoms with Gasteiger partial charge in [-0.05, 0) is 36.8 Å². The number of carbonyl (C=O) groups is 1. The van der Waals surface area contributed by atoms with Crippen molar-refractivity contribution in [2.24, 2.45) is 0 Å². The number of nitrogen functional groups attached to an aromatic ring is 2. The smallest absolute Gasteiger partial charge is 0.257 e. The summed E-state index contributed by atoms with van der Waals surface area (Å²) in [5, 5.41) is 3.05. The van der Waals surface area contributed by atoms with Crippen molar-refractivity contribution in [1.29, 1.82) is 0 Å². The molecule has 0 radical (unpaired) electrons. The largest absolute Gasteiger partial charge is 0.399 e. The van der Waals surface area contributed by atoms with E-state index in [2.05, 4.69) is 10.3 Å². The molecule has 0 saturated heterocycles. The molecule has 0 bridgehead atoms. The lowest BCUT2D eigenvalue weighted by atomic mass is 10.1. The van der Waals surface area contributed by atoms with Crippen LogP contribution >= 0.6 is 23.2 Å². The fourth-order valence-electron chi connectivity index (χ4n) is 1.71. The van der Waals surface area contributed by atoms with Crippen molar-refractivity contribution in [3.05, 3.63) is 45.7 Å². The molecule has 104 valence electrons. The van der Waals surface area contributed by atoms with Crippen molar-refractivity contribution in [1.82, 2.24) is 4.98 Å². The molecule has 0 unspecified atom stereocenters. The van der Waals surface area contributed by atoms with Gasteiger partial charge in [0.2, 0.25) is 0 Å². The van der Waals surface area contributed by atoms with Crippen molar-refractivity contribution < 1.29 is 4.79 Å². The van der Waals surface area contributed by atoms with Crippen LogP contribution in [-0.2, 0) is 0 Å². The number of aromatic nitrogens is 1. The summed E-state index contributed by atoms with van der Waals surface area (Å²) in [6.45, 7) is 1.77. The molecule has 5 N–H and O–H groups in total. The normalized spacial score (nSPS) is 10.3. The van der Waals surface area contributed by atoms with Gasteiger partial charge in [0, 0.05) is 11.4 Å². The average molecular weight is 311 g/mol. The first-order chi connectivity index (χ1) is 9.38. The first-order valence-electron chi connectivity index (χ1n) is 5.67. The lowest BCUT2D eigenvalue weighted by Gasteiger charge is -2.11. The topological polar surface area (TPSA) is 94.0 Å². The van der Waals surface area contributed by atoms with Gasteiger partial charge in [-0.2, -0.15) is 0 Å². The number of carbonyl (C=O) groups excluding carboxylic acids is 1. The number of rotatable bonds is 2. The van der Waals surface area contributed by atoms with Crippen LogP contribution in [0.15, 0.2) is 24.3 Å². The highest BCUT2D eigenvalue weighted by atomic mass is 35.5. The number of nitrogens with zero attached hydrogens (tertiary/aromatic N) is 1. The number of aryl methyl sites for hydroxylation is 1. The number of amides is 1. The molecule has 7 heteroatoms. The standard InChI is InChI=1S/C13H12Cl2N4O/c1-6-4-10(14)18-12(15)11(6)19-13(20)8-3-2-7(16)5-9(8)17/h2-5H,16-17H2,1H3,(H,19,20). The Bertz CT molecular complexity index is 665. The van der Waals surface area contributed by atoms with Crippen LogP contribution in [0.4, 0.5) is 17.1 Å². The maximum absolute atomic E-state index is 12.2. The zero-order valence-electron chi connectivity index (χ0n) is 10.6. The molecule has 0 aliphatic rings. The Morgan fingerprint density at radius 1 is 1.25 bits per heavy atom. The van der Waals surface area contributed by atoms with Gasteiger partial charge in [-0.3, -0.25) is 4.79 Å². The average Bonchev–Trinajstić information content (AvgIpc) is 2.33. The molecule has 1 amide bonds. The third-order valence-electron chi connectivity index (χ3n) is 2.70. The van der Waals surface area contributed by atoms with Gasteiger partial charge < -0.3 is 16.8 Å². The van der Waals surface area contributed by atoms with Gasteiger partial charge in [0.05, 0.1) is 11.3 Å². The Labute approximate surface area is 125 Å². The highest BCUT2D eigenvalue weighted by molar-refractivity contribution is 6.35. The van der Waals surface area contributed by atoms with E-state index in [0.717, 1.165) is 0 Å². The van der Waals surface area contributed by atoms with Crippen LogP contribution in [0.25, 0.3) is 0 Å². The number of halogens is 2. The number of hydrogen-bond acceptors (Lipinski definition) is 4. The van der Waals surface area contributed by atoms with Crippen LogP contribution in [-0.4, -0.2) is 10.9 Å². The molecule has 0 aliphatic heterocycles. The third kappa shape index (κ3) is 2.95. The van der Waals surface area contributed by atoms with Gasteiger partial charge >= 0.3 is 0 Å². The lowest BCUT2D eigenvalue weighted by molar-refractivity contribution is 0.102. The summed E-state index contributed by atoms with van der Waals surface area (Å²) in [6.07, 6.45) is 0. The van der Waals surface area contributed by atoms with Crippen LogP contribution in [0.1, 0.15) is 15.9 Å². The molecule has 5 nitrogen and oxygen atoms in total. The predicted molar refractivity (Wildman–Crippen MR) is 82.2 cm³/mol. The number of hydrogen-bond donors (Lipinski definition) is 3. The zero-order valence-corrected chi connectivity index (χ0v) is 12.1. The van der Waals surface area contributed by atoms with Gasteiger partial charge in [-0.15, -0.1) is 0 Å². The van der Waals surface area contributed by atoms with E-state index in [4.69, 9.17) is 34.7 Å². The van der Waals surface area contributed by atoms with Crippen molar-refractivity contribution in [2.45, 2.75) is 6.92 Å². The van der Waals surface area contributed by atoms with Crippen LogP contribution in [0.3, 0.4) is 0 Å². The minimum Gasteiger partial charge on any atom is -0.399 e. The maximum atomic E-state index is 12.2. The Balaban J connectivity index is 2.33. The Morgan fingerprint density at radius 3 is 2.55 bits per heavy atom. The van der Waals surface area contributed by atoms with E-state index in [1.54, 1.807) is 25.1 Å². The van der Waals surface area contributed by atoms with Crippen LogP contribution in [0.2, 0.25) is 10.3 Å². The van der Waals surface area contributed by atoms with Crippen LogP contribution in [0.5, 0.6) is 0 Å². The van der Waals surface area contributed by atoms with E-state index < -0.39 is 5.91 Å². The number of nitrogens with one attached hydrogen (secondary N) is 1. The molecule has 1 heterocycles. The summed E-state index contributed by atoms with van der Waals surface area (Å²) in [5.41, 5.74) is 13.5. The second-order valence-electron chi connectivity index (χ2n) is 4.23. The van der Waals surface area contributed by atoms with E-state index in [0.29, 0.717) is 22.5 Å². The number of anilines is 3. The summed E-state index contributed by atoms with van der Waals surface area (Å²) in [6, 6.07) is 6.27. The van der Waals surface area contributed by atoms with Gasteiger partial charge in [-0.1, -0.05) is 23.2 Å². The Hall–Kier alpha value is -1.98. The molecule has 2 rings (SSSR count). The van der Waals surface area contributed by atoms with Crippen molar-refractivity contribution in [2.75, 3.05) is 16.8 Å². The van der Waals surface area contributed by atoms with E-state index in [1.807, 2.05) is 0 Å². The highest BCUT2D eigenvalue weighted by Gasteiger charge is 2.14. The fourth-order valence-corrected chi connectivity index (χ4v) is 2.29. The van der Waals surface area contributed by atoms with Gasteiger partial charge in [0.25, 0.3) is 5.91 Å². The molecule has 1 aromatic carbocycles. The van der Waals surface area contributed by atoms with E-state index in [-0.39, 0.29) is 16.0 Å². The van der Waals surface area contributed by atoms with E-state index in [9.17, 15) is 4.79 Å². The van der Waals surface area contributed by atoms with Gasteiger partial charge in [0.1, 0.15) is 5.15 Å². The van der Waals surface area contributed by atoms with E-state index >= 15 is 0 Å². The maximum Gasteiger partial charge on any atom is 0.257 e. The van der Waals surface area contributed by atoms with Crippen molar-refractivity contribution >= 4 is 46.2 Å². The number of nitrogens with two attached hydrogens (primary N) is 2. The minimum atomic E-state index is -0.392. The summed E-state index contributed by atoms with van der Waals surface area (Å²) >= 11 is 11.7. The first-order valence-corrected chi connectivity index (χ1v) is 6.43. The van der Waals surface area contributed by atoms with Crippen LogP contribution < -0.4 is 16.8 Å². The quantitative estimate of drug-likeness (QED) is 0.586. The van der Waals surface area contributed by atoms with Crippen molar-refractivity contribution in [3.8, 4) is 0 Å². The molecule has 0 atom stereocenters. The van der Waals surface area contributed by atoms with Gasteiger partial charge in [0.15, 0.2) is 5.15 Å². The summed E-state index contributed by atoms with van der Waals surface area (Å²) in [4.78, 5) is 16.1. The molecule has 0 aliphatic carbocycles. The number of benzene rings is 1. The molecule has 0 spiro atoms. The van der Waals surface area contributed by atoms with E-state index in [1.165, 1.54) is 6.07 Å². The molecular formula is C13H12Cl2N4O. The SMILES string of the molecule is Cc1cc(Cl)nc(Cl)c1NC(=O)c1ccc(N)cc1N. The highest BCUT2D eigenvalue weighted by Crippen LogP contribution is 2.27. The zero-order chi connectivity index (χ0) is 14.9. The third-order valence-corrected chi connectivity index (χ3v) is 3.17. The summed E-state index contributed by atoms with van der Waals surface area (Å²) in [5.74, 6) is -0.392. The monoisotopic (exact) mass is 310 g/mol. The first kappa shape index (κ1) is 14.4. The van der Waals surface area contributed by atoms with Crippen molar-refractivity contribution in [3.63, 3.8) is 0 Å². The summed E-state index contributed by atoms with van der Waals surface area (Å²) < 4.78 is 0. The second-order valence-corrected chi connectivity index (χ2v) is 4.97. The second kappa shape index (κ2) is 5.56. The molecule has 0 saturated carbocycles. The minimum absolute atomic E-state index is 0.123. The van der Waals surface area contributed by atoms with Gasteiger partial charge in [-0.25, -0.2) is 4.98 Å². The fraction of sp³-hybridized carbons (Fsp3) is 0.0769. The molecule has 20 heavy (non-hydrogen) atoms. The Kier molecular flexibility index (Phi) is 4.01. The number of pyridine rings is 1. The molecule has 1 aromatic heterocycles. The predicted octanol–water partition coefficient (Wildman–Crippen LogP) is 3.11. The molecule has 0 fully saturated rings. The summed E-state index contributed by atoms with van der Waals surface area (Å²) in [7, 11) is 0. The molecular weight excluding hydrogens is 299 g/mol.